The number of aryl methyl sites for hydroxylation is 1. The predicted molar refractivity (Wildman–Crippen MR) is 129 cm³/mol. The molecule has 8 nitrogen and oxygen atoms in total. The van der Waals surface area contributed by atoms with Gasteiger partial charge in [-0.15, -0.1) is 0 Å². The molecule has 2 aromatic carbocycles. The smallest absolute Gasteiger partial charge is 0.378 e. The van der Waals surface area contributed by atoms with Gasteiger partial charge in [-0.1, -0.05) is 23.7 Å². The second-order valence-electron chi connectivity index (χ2n) is 7.70. The van der Waals surface area contributed by atoms with Crippen molar-refractivity contribution in [3.63, 3.8) is 0 Å². The Balaban J connectivity index is 1.49. The van der Waals surface area contributed by atoms with Gasteiger partial charge in [0.2, 0.25) is 0 Å². The number of urea groups is 1. The number of amides is 2. The number of hydrogen-bond acceptors (Lipinski definition) is 6. The molecule has 1 aromatic heterocycles. The van der Waals surface area contributed by atoms with Crippen molar-refractivity contribution in [1.82, 2.24) is 9.97 Å². The van der Waals surface area contributed by atoms with Gasteiger partial charge < -0.3 is 25.6 Å². The molecule has 0 aliphatic carbocycles. The van der Waals surface area contributed by atoms with Crippen LogP contribution in [0.25, 0.3) is 0 Å². The van der Waals surface area contributed by atoms with Crippen LogP contribution >= 0.6 is 11.6 Å². The first-order chi connectivity index (χ1) is 16.7. The van der Waals surface area contributed by atoms with Crippen molar-refractivity contribution in [3.05, 3.63) is 64.9 Å². The highest BCUT2D eigenvalue weighted by Crippen LogP contribution is 2.36. The van der Waals surface area contributed by atoms with E-state index in [1.165, 1.54) is 6.07 Å². The van der Waals surface area contributed by atoms with Gasteiger partial charge in [-0.25, -0.2) is 14.8 Å². The molecule has 2 heterocycles. The highest BCUT2D eigenvalue weighted by Gasteiger charge is 2.33. The molecule has 3 aromatic rings. The lowest BCUT2D eigenvalue weighted by atomic mass is 10.2. The molecule has 0 atom stereocenters. The van der Waals surface area contributed by atoms with E-state index in [9.17, 15) is 18.0 Å². The minimum Gasteiger partial charge on any atom is -0.378 e. The number of para-hydroxylation sites is 2. The molecular weight excluding hydrogens is 485 g/mol. The van der Waals surface area contributed by atoms with Crippen LogP contribution in [0.2, 0.25) is 5.02 Å². The number of halogens is 4. The number of nitrogens with one attached hydrogen (secondary N) is 3. The highest BCUT2D eigenvalue weighted by molar-refractivity contribution is 6.31. The van der Waals surface area contributed by atoms with Crippen LogP contribution in [0.5, 0.6) is 0 Å². The summed E-state index contributed by atoms with van der Waals surface area (Å²) >= 11 is 5.64. The normalized spacial score (nSPS) is 13.9. The summed E-state index contributed by atoms with van der Waals surface area (Å²) in [7, 11) is 0. The molecule has 0 unspecified atom stereocenters. The highest BCUT2D eigenvalue weighted by atomic mass is 35.5. The molecule has 184 valence electrons. The van der Waals surface area contributed by atoms with Gasteiger partial charge in [0.25, 0.3) is 0 Å². The van der Waals surface area contributed by atoms with Crippen molar-refractivity contribution in [2.24, 2.45) is 0 Å². The summed E-state index contributed by atoms with van der Waals surface area (Å²) in [6, 6.07) is 11.1. The van der Waals surface area contributed by atoms with Crippen LogP contribution in [-0.4, -0.2) is 42.3 Å². The van der Waals surface area contributed by atoms with Crippen LogP contribution < -0.4 is 20.9 Å². The van der Waals surface area contributed by atoms with Crippen molar-refractivity contribution in [2.75, 3.05) is 47.2 Å². The molecule has 0 bridgehead atoms. The Kier molecular flexibility index (Phi) is 7.27. The van der Waals surface area contributed by atoms with Crippen molar-refractivity contribution >= 4 is 46.3 Å². The molecule has 0 saturated carbocycles. The molecule has 0 spiro atoms. The minimum atomic E-state index is -4.64. The number of benzene rings is 2. The van der Waals surface area contributed by atoms with Gasteiger partial charge in [-0.3, -0.25) is 0 Å². The topological polar surface area (TPSA) is 91.4 Å². The molecule has 3 N–H and O–H groups in total. The zero-order chi connectivity index (χ0) is 25.0. The van der Waals surface area contributed by atoms with Crippen LogP contribution in [-0.2, 0) is 10.9 Å². The molecule has 1 aliphatic heterocycles. The largest absolute Gasteiger partial charge is 0.417 e. The molecule has 4 rings (SSSR count). The molecule has 12 heteroatoms. The van der Waals surface area contributed by atoms with E-state index in [0.717, 1.165) is 31.0 Å². The molecule has 1 aliphatic rings. The summed E-state index contributed by atoms with van der Waals surface area (Å²) in [5.74, 6) is 1.86. The third-order valence-electron chi connectivity index (χ3n) is 5.13. The lowest BCUT2D eigenvalue weighted by Crippen LogP contribution is -2.36. The van der Waals surface area contributed by atoms with Gasteiger partial charge in [-0.2, -0.15) is 13.2 Å². The first kappa shape index (κ1) is 24.6. The monoisotopic (exact) mass is 506 g/mol. The minimum absolute atomic E-state index is 0.0498. The summed E-state index contributed by atoms with van der Waals surface area (Å²) in [6.07, 6.45) is -4.64. The van der Waals surface area contributed by atoms with Gasteiger partial charge >= 0.3 is 12.2 Å². The Labute approximate surface area is 204 Å². The number of hydrogen-bond donors (Lipinski definition) is 3. The Hall–Kier alpha value is -3.57. The van der Waals surface area contributed by atoms with Crippen molar-refractivity contribution in [2.45, 2.75) is 13.1 Å². The summed E-state index contributed by atoms with van der Waals surface area (Å²) in [5.41, 5.74) is -0.138. The van der Waals surface area contributed by atoms with Crippen LogP contribution in [0.4, 0.5) is 46.7 Å². The molecule has 0 radical (unpaired) electrons. The third-order valence-corrected chi connectivity index (χ3v) is 5.46. The van der Waals surface area contributed by atoms with Gasteiger partial charge in [0.1, 0.15) is 17.5 Å². The number of ether oxygens (including phenoxy) is 1. The summed E-state index contributed by atoms with van der Waals surface area (Å²) in [6.45, 7) is 4.45. The van der Waals surface area contributed by atoms with E-state index in [0.29, 0.717) is 36.2 Å². The number of anilines is 5. The zero-order valence-electron chi connectivity index (χ0n) is 18.6. The van der Waals surface area contributed by atoms with E-state index in [4.69, 9.17) is 16.3 Å². The summed E-state index contributed by atoms with van der Waals surface area (Å²) in [5, 5.41) is 7.78. The predicted octanol–water partition coefficient (Wildman–Crippen LogP) is 5.68. The average Bonchev–Trinajstić information content (AvgIpc) is 2.81. The second kappa shape index (κ2) is 10.4. The standard InChI is InChI=1S/C23H22ClF3N6O2/c1-14-28-20(13-21(29-14)33-8-10-35-11-9-33)31-18-4-2-3-5-19(18)32-22(34)30-15-6-7-17(24)16(12-15)23(25,26)27/h2-7,12-13H,8-11H2,1H3,(H,28,29,31)(H2,30,32,34). The maximum atomic E-state index is 13.1. The molecule has 1 saturated heterocycles. The van der Waals surface area contributed by atoms with Crippen LogP contribution in [0.1, 0.15) is 11.4 Å². The second-order valence-corrected chi connectivity index (χ2v) is 8.11. The lowest BCUT2D eigenvalue weighted by Gasteiger charge is -2.28. The Bertz CT molecular complexity index is 1220. The first-order valence-electron chi connectivity index (χ1n) is 10.7. The van der Waals surface area contributed by atoms with Crippen LogP contribution in [0.15, 0.2) is 48.5 Å². The van der Waals surface area contributed by atoms with Crippen LogP contribution in [0.3, 0.4) is 0 Å². The average molecular weight is 507 g/mol. The molecular formula is C23H22ClF3N6O2. The fourth-order valence-corrected chi connectivity index (χ4v) is 3.74. The van der Waals surface area contributed by atoms with E-state index in [2.05, 4.69) is 30.8 Å². The fourth-order valence-electron chi connectivity index (χ4n) is 3.51. The third kappa shape index (κ3) is 6.31. The van der Waals surface area contributed by atoms with Gasteiger partial charge in [0.05, 0.1) is 35.2 Å². The number of nitrogens with zero attached hydrogens (tertiary/aromatic N) is 3. The molecule has 35 heavy (non-hydrogen) atoms. The Morgan fingerprint density at radius 2 is 1.74 bits per heavy atom. The van der Waals surface area contributed by atoms with Gasteiger partial charge in [0, 0.05) is 24.8 Å². The maximum Gasteiger partial charge on any atom is 0.417 e. The van der Waals surface area contributed by atoms with Crippen molar-refractivity contribution in [1.29, 1.82) is 0 Å². The van der Waals surface area contributed by atoms with E-state index >= 15 is 0 Å². The number of rotatable bonds is 5. The number of alkyl halides is 3. The molecule has 1 fully saturated rings. The SMILES string of the molecule is Cc1nc(Nc2ccccc2NC(=O)Nc2ccc(Cl)c(C(F)(F)F)c2)cc(N2CCOCC2)n1. The number of morpholine rings is 1. The lowest BCUT2D eigenvalue weighted by molar-refractivity contribution is -0.137. The van der Waals surface area contributed by atoms with Gasteiger partial charge in [-0.05, 0) is 37.3 Å². The molecule has 2 amide bonds. The maximum absolute atomic E-state index is 13.1. The Morgan fingerprint density at radius 1 is 1.03 bits per heavy atom. The van der Waals surface area contributed by atoms with Crippen molar-refractivity contribution in [3.8, 4) is 0 Å². The van der Waals surface area contributed by atoms with Crippen LogP contribution in [0, 0.1) is 6.92 Å². The van der Waals surface area contributed by atoms with Crippen molar-refractivity contribution < 1.29 is 22.7 Å². The van der Waals surface area contributed by atoms with E-state index in [-0.39, 0.29) is 5.69 Å². The number of carbonyl (C=O) groups is 1. The first-order valence-corrected chi connectivity index (χ1v) is 11.1. The number of carbonyl (C=O) groups excluding carboxylic acids is 1. The van der Waals surface area contributed by atoms with E-state index in [1.807, 2.05) is 6.07 Å². The fraction of sp³-hybridized carbons (Fsp3) is 0.261. The van der Waals surface area contributed by atoms with E-state index in [1.54, 1.807) is 31.2 Å². The summed E-state index contributed by atoms with van der Waals surface area (Å²) < 4.78 is 44.7. The quantitative estimate of drug-likeness (QED) is 0.412. The van der Waals surface area contributed by atoms with E-state index < -0.39 is 22.8 Å². The Morgan fingerprint density at radius 3 is 2.46 bits per heavy atom. The number of aromatic nitrogens is 2. The van der Waals surface area contributed by atoms with Gasteiger partial charge in [0.15, 0.2) is 0 Å². The zero-order valence-corrected chi connectivity index (χ0v) is 19.4. The summed E-state index contributed by atoms with van der Waals surface area (Å²) in [4.78, 5) is 23.6.